The van der Waals surface area contributed by atoms with Gasteiger partial charge in [-0.05, 0) is 63.2 Å². The number of carbonyl (C=O) groups excluding carboxylic acids is 4. The Morgan fingerprint density at radius 2 is 1.81 bits per heavy atom. The Bertz CT molecular complexity index is 984. The van der Waals surface area contributed by atoms with Crippen LogP contribution in [0.2, 0.25) is 0 Å². The van der Waals surface area contributed by atoms with Crippen LogP contribution >= 0.6 is 0 Å². The summed E-state index contributed by atoms with van der Waals surface area (Å²) >= 11 is 0. The highest BCUT2D eigenvalue weighted by molar-refractivity contribution is 5.94. The Labute approximate surface area is 214 Å². The monoisotopic (exact) mass is 527 g/mol. The fourth-order valence-electron chi connectivity index (χ4n) is 5.22. The van der Waals surface area contributed by atoms with E-state index < -0.39 is 53.4 Å². The fourth-order valence-corrected chi connectivity index (χ4v) is 5.22. The van der Waals surface area contributed by atoms with E-state index in [0.717, 1.165) is 12.8 Å². The lowest BCUT2D eigenvalue weighted by Gasteiger charge is -2.40. The zero-order chi connectivity index (χ0) is 27.9. The van der Waals surface area contributed by atoms with Gasteiger partial charge in [-0.15, -0.1) is 0 Å². The molecule has 9 nitrogen and oxygen atoms in total. The molecule has 0 spiro atoms. The maximum absolute atomic E-state index is 13.5. The molecule has 0 aromatic carbocycles. The number of nitrogens with zero attached hydrogens (tertiary/aromatic N) is 2. The van der Waals surface area contributed by atoms with Crippen LogP contribution < -0.4 is 16.0 Å². The first-order valence-electron chi connectivity index (χ1n) is 12.6. The van der Waals surface area contributed by atoms with Crippen LogP contribution in [0.4, 0.5) is 13.2 Å². The second-order valence-electron chi connectivity index (χ2n) is 12.3. The summed E-state index contributed by atoms with van der Waals surface area (Å²) < 4.78 is 38.9. The molecule has 3 fully saturated rings. The third-order valence-electron chi connectivity index (χ3n) is 7.58. The number of hydrogen-bond acceptors (Lipinski definition) is 5. The standard InChI is InChI=1S/C25H36F3N5O4/c1-23(2,3)18(31-22(37)25(26,27)28)21(36)33-12-15-8-14(15)10-17(33)20(35)30-16(11-29)9-13-6-7-24(4,5)32-19(13)34/h13-18H,6-10,12H2,1-5H3,(H,30,35)(H,31,37)(H,32,34)/t13-,14+,15-,16-,17-,18?/m0/s1. The van der Waals surface area contributed by atoms with E-state index in [9.17, 15) is 37.6 Å². The van der Waals surface area contributed by atoms with E-state index in [0.29, 0.717) is 12.8 Å². The topological polar surface area (TPSA) is 131 Å². The summed E-state index contributed by atoms with van der Waals surface area (Å²) in [6.45, 7) is 8.61. The Morgan fingerprint density at radius 1 is 1.16 bits per heavy atom. The van der Waals surface area contributed by atoms with Crippen molar-refractivity contribution in [3.05, 3.63) is 0 Å². The first-order chi connectivity index (χ1) is 16.9. The molecule has 3 rings (SSSR count). The van der Waals surface area contributed by atoms with Crippen LogP contribution in [0.5, 0.6) is 0 Å². The molecule has 2 aliphatic heterocycles. The Kier molecular flexibility index (Phi) is 7.87. The summed E-state index contributed by atoms with van der Waals surface area (Å²) in [6, 6.07) is -1.45. The molecule has 3 aliphatic rings. The van der Waals surface area contributed by atoms with Gasteiger partial charge in [0, 0.05) is 18.0 Å². The molecule has 4 amide bonds. The summed E-state index contributed by atoms with van der Waals surface area (Å²) in [5.74, 6) is -3.85. The highest BCUT2D eigenvalue weighted by atomic mass is 19.4. The van der Waals surface area contributed by atoms with Crippen molar-refractivity contribution in [1.82, 2.24) is 20.9 Å². The summed E-state index contributed by atoms with van der Waals surface area (Å²) in [5, 5.41) is 17.0. The predicted octanol–water partition coefficient (Wildman–Crippen LogP) is 2.02. The second-order valence-corrected chi connectivity index (χ2v) is 12.3. The van der Waals surface area contributed by atoms with Gasteiger partial charge in [0.15, 0.2) is 0 Å². The highest BCUT2D eigenvalue weighted by Crippen LogP contribution is 2.47. The number of likely N-dealkylation sites (tertiary alicyclic amines) is 1. The number of amides is 4. The molecule has 0 radical (unpaired) electrons. The van der Waals surface area contributed by atoms with Gasteiger partial charge >= 0.3 is 12.1 Å². The smallest absolute Gasteiger partial charge is 0.351 e. The van der Waals surface area contributed by atoms with Crippen LogP contribution in [0.1, 0.15) is 66.7 Å². The van der Waals surface area contributed by atoms with E-state index in [2.05, 4.69) is 10.6 Å². The Balaban J connectivity index is 1.74. The van der Waals surface area contributed by atoms with Crippen molar-refractivity contribution in [2.75, 3.05) is 6.54 Å². The molecule has 206 valence electrons. The largest absolute Gasteiger partial charge is 0.471 e. The molecular formula is C25H36F3N5O4. The zero-order valence-electron chi connectivity index (χ0n) is 21.9. The molecule has 1 unspecified atom stereocenters. The normalized spacial score (nSPS) is 28.6. The molecular weight excluding hydrogens is 491 g/mol. The van der Waals surface area contributed by atoms with Crippen molar-refractivity contribution >= 4 is 23.6 Å². The number of fused-ring (bicyclic) bond motifs is 1. The first-order valence-corrected chi connectivity index (χ1v) is 12.6. The molecule has 0 bridgehead atoms. The zero-order valence-corrected chi connectivity index (χ0v) is 21.9. The van der Waals surface area contributed by atoms with E-state index in [1.807, 2.05) is 25.2 Å². The third kappa shape index (κ3) is 6.93. The lowest BCUT2D eigenvalue weighted by atomic mass is 9.83. The van der Waals surface area contributed by atoms with Crippen molar-refractivity contribution in [1.29, 1.82) is 5.26 Å². The fraction of sp³-hybridized carbons (Fsp3) is 0.800. The minimum Gasteiger partial charge on any atom is -0.351 e. The molecule has 12 heteroatoms. The van der Waals surface area contributed by atoms with Crippen LogP contribution in [-0.4, -0.2) is 64.9 Å². The van der Waals surface area contributed by atoms with E-state index in [4.69, 9.17) is 0 Å². The number of nitrogens with one attached hydrogen (secondary N) is 3. The van der Waals surface area contributed by atoms with Gasteiger partial charge in [-0.2, -0.15) is 18.4 Å². The van der Waals surface area contributed by atoms with Crippen LogP contribution in [0.15, 0.2) is 0 Å². The predicted molar refractivity (Wildman–Crippen MR) is 126 cm³/mol. The van der Waals surface area contributed by atoms with Gasteiger partial charge in [-0.3, -0.25) is 19.2 Å². The lowest BCUT2D eigenvalue weighted by molar-refractivity contribution is -0.176. The van der Waals surface area contributed by atoms with Crippen molar-refractivity contribution in [2.45, 2.75) is 96.6 Å². The van der Waals surface area contributed by atoms with Crippen molar-refractivity contribution in [3.8, 4) is 6.07 Å². The van der Waals surface area contributed by atoms with Crippen molar-refractivity contribution < 1.29 is 32.3 Å². The number of carbonyl (C=O) groups is 4. The summed E-state index contributed by atoms with van der Waals surface area (Å²) in [6.07, 6.45) is -2.64. The molecule has 6 atom stereocenters. The van der Waals surface area contributed by atoms with Gasteiger partial charge in [0.2, 0.25) is 17.7 Å². The first kappa shape index (κ1) is 28.7. The van der Waals surface area contributed by atoms with E-state index in [1.165, 1.54) is 25.7 Å². The van der Waals surface area contributed by atoms with Crippen LogP contribution in [-0.2, 0) is 19.2 Å². The van der Waals surface area contributed by atoms with Crippen LogP contribution in [0.3, 0.4) is 0 Å². The van der Waals surface area contributed by atoms with Crippen LogP contribution in [0.25, 0.3) is 0 Å². The molecule has 0 aromatic rings. The average Bonchev–Trinajstić information content (AvgIpc) is 3.53. The molecule has 2 heterocycles. The van der Waals surface area contributed by atoms with Crippen molar-refractivity contribution in [2.24, 2.45) is 23.2 Å². The minimum absolute atomic E-state index is 0.114. The van der Waals surface area contributed by atoms with E-state index in [-0.39, 0.29) is 36.2 Å². The third-order valence-corrected chi connectivity index (χ3v) is 7.58. The number of halogens is 3. The lowest BCUT2D eigenvalue weighted by Crippen LogP contribution is -2.62. The van der Waals surface area contributed by atoms with E-state index in [1.54, 1.807) is 0 Å². The van der Waals surface area contributed by atoms with E-state index >= 15 is 0 Å². The maximum atomic E-state index is 13.5. The Morgan fingerprint density at radius 3 is 2.35 bits per heavy atom. The Hall–Kier alpha value is -2.84. The molecule has 1 saturated carbocycles. The summed E-state index contributed by atoms with van der Waals surface area (Å²) in [4.78, 5) is 52.2. The van der Waals surface area contributed by atoms with Crippen LogP contribution in [0, 0.1) is 34.5 Å². The SMILES string of the molecule is CC1(C)CC[C@@H](C[C@@H](C#N)NC(=O)[C@@H]2C[C@H]3C[C@H]3CN2C(=O)C(NC(=O)C(F)(F)F)C(C)(C)C)C(=O)N1. The quantitative estimate of drug-likeness (QED) is 0.486. The molecule has 37 heavy (non-hydrogen) atoms. The van der Waals surface area contributed by atoms with Crippen molar-refractivity contribution in [3.63, 3.8) is 0 Å². The van der Waals surface area contributed by atoms with Gasteiger partial charge < -0.3 is 20.9 Å². The maximum Gasteiger partial charge on any atom is 0.471 e. The number of alkyl halides is 3. The molecule has 3 N–H and O–H groups in total. The summed E-state index contributed by atoms with van der Waals surface area (Å²) in [5.41, 5.74) is -1.40. The average molecular weight is 528 g/mol. The number of hydrogen-bond donors (Lipinski definition) is 3. The number of rotatable bonds is 6. The highest BCUT2D eigenvalue weighted by Gasteiger charge is 2.52. The minimum atomic E-state index is -5.16. The van der Waals surface area contributed by atoms with Gasteiger partial charge in [-0.1, -0.05) is 20.8 Å². The number of nitriles is 1. The number of piperidine rings is 2. The van der Waals surface area contributed by atoms with Gasteiger partial charge in [-0.25, -0.2) is 0 Å². The summed E-state index contributed by atoms with van der Waals surface area (Å²) in [7, 11) is 0. The van der Waals surface area contributed by atoms with Gasteiger partial charge in [0.25, 0.3) is 0 Å². The van der Waals surface area contributed by atoms with Gasteiger partial charge in [0.05, 0.1) is 6.07 Å². The molecule has 2 saturated heterocycles. The van der Waals surface area contributed by atoms with Gasteiger partial charge in [0.1, 0.15) is 18.1 Å². The second kappa shape index (κ2) is 10.1. The molecule has 0 aromatic heterocycles. The molecule has 1 aliphatic carbocycles.